The number of para-hydroxylation sites is 2. The summed E-state index contributed by atoms with van der Waals surface area (Å²) in [5, 5.41) is 2.96. The Bertz CT molecular complexity index is 1040. The first-order chi connectivity index (χ1) is 13.5. The lowest BCUT2D eigenvalue weighted by Gasteiger charge is -2.29. The number of amides is 2. The summed E-state index contributed by atoms with van der Waals surface area (Å²) in [4.78, 5) is 34.5. The van der Waals surface area contributed by atoms with E-state index in [-0.39, 0.29) is 16.7 Å². The predicted octanol–water partition coefficient (Wildman–Crippen LogP) is 3.62. The van der Waals surface area contributed by atoms with Crippen LogP contribution in [0, 0.1) is 0 Å². The number of anilines is 1. The van der Waals surface area contributed by atoms with E-state index in [9.17, 15) is 9.59 Å². The van der Waals surface area contributed by atoms with Crippen molar-refractivity contribution in [3.8, 4) is 11.4 Å². The average Bonchev–Trinajstić information content (AvgIpc) is 3.35. The smallest absolute Gasteiger partial charge is 0.248 e. The number of benzene rings is 2. The molecule has 2 N–H and O–H groups in total. The molecule has 0 spiro atoms. The van der Waals surface area contributed by atoms with Gasteiger partial charge in [-0.15, -0.1) is 11.8 Å². The van der Waals surface area contributed by atoms with Crippen LogP contribution in [0.2, 0.25) is 0 Å². The van der Waals surface area contributed by atoms with Gasteiger partial charge in [0.25, 0.3) is 0 Å². The van der Waals surface area contributed by atoms with Gasteiger partial charge in [0.1, 0.15) is 11.9 Å². The fourth-order valence-corrected chi connectivity index (χ4v) is 5.47. The van der Waals surface area contributed by atoms with Crippen molar-refractivity contribution in [1.82, 2.24) is 14.9 Å². The number of aromatic amines is 1. The first kappa shape index (κ1) is 17.3. The van der Waals surface area contributed by atoms with Crippen LogP contribution in [0.3, 0.4) is 0 Å². The van der Waals surface area contributed by atoms with Gasteiger partial charge in [-0.2, -0.15) is 0 Å². The van der Waals surface area contributed by atoms with E-state index in [0.717, 1.165) is 34.5 Å². The predicted molar refractivity (Wildman–Crippen MR) is 111 cm³/mol. The van der Waals surface area contributed by atoms with Crippen LogP contribution in [0.1, 0.15) is 19.8 Å². The van der Waals surface area contributed by atoms with Crippen molar-refractivity contribution in [3.05, 3.63) is 48.5 Å². The van der Waals surface area contributed by atoms with Gasteiger partial charge in [0, 0.05) is 23.4 Å². The Labute approximate surface area is 166 Å². The van der Waals surface area contributed by atoms with Gasteiger partial charge in [0.15, 0.2) is 0 Å². The van der Waals surface area contributed by atoms with Crippen molar-refractivity contribution in [2.75, 3.05) is 11.1 Å². The summed E-state index contributed by atoms with van der Waals surface area (Å²) in [6, 6.07) is 15.1. The zero-order valence-corrected chi connectivity index (χ0v) is 16.3. The van der Waals surface area contributed by atoms with E-state index in [1.807, 2.05) is 48.5 Å². The molecule has 6 nitrogen and oxygen atoms in total. The second kappa shape index (κ2) is 6.38. The number of nitrogens with zero attached hydrogens (tertiary/aromatic N) is 2. The van der Waals surface area contributed by atoms with Gasteiger partial charge in [0.05, 0.1) is 15.9 Å². The molecule has 2 atom stereocenters. The number of H-pyrrole nitrogens is 1. The molecule has 28 heavy (non-hydrogen) atoms. The molecule has 142 valence electrons. The Hall–Kier alpha value is -2.80. The van der Waals surface area contributed by atoms with Gasteiger partial charge in [-0.3, -0.25) is 9.59 Å². The van der Waals surface area contributed by atoms with E-state index in [4.69, 9.17) is 0 Å². The molecule has 0 aliphatic carbocycles. The Balaban J connectivity index is 1.32. The molecule has 0 unspecified atom stereocenters. The maximum atomic E-state index is 12.8. The minimum absolute atomic E-state index is 0.0767. The third-order valence-electron chi connectivity index (χ3n) is 5.56. The normalized spacial score (nSPS) is 24.0. The van der Waals surface area contributed by atoms with Gasteiger partial charge >= 0.3 is 0 Å². The highest BCUT2D eigenvalue weighted by Gasteiger charge is 2.52. The number of rotatable bonds is 3. The summed E-state index contributed by atoms with van der Waals surface area (Å²) in [5.74, 6) is 1.39. The number of fused-ring (bicyclic) bond motifs is 2. The number of imidazole rings is 1. The number of hydrogen-bond acceptors (Lipinski definition) is 4. The van der Waals surface area contributed by atoms with Gasteiger partial charge < -0.3 is 15.2 Å². The lowest BCUT2D eigenvalue weighted by Crippen LogP contribution is -2.48. The largest absolute Gasteiger partial charge is 0.338 e. The molecule has 5 rings (SSSR count). The molecule has 2 amide bonds. The zero-order valence-electron chi connectivity index (χ0n) is 15.4. The van der Waals surface area contributed by atoms with Crippen molar-refractivity contribution in [1.29, 1.82) is 0 Å². The number of carbonyl (C=O) groups excluding carboxylic acids is 2. The average molecular weight is 392 g/mol. The number of aromatic nitrogens is 2. The molecule has 7 heteroatoms. The monoisotopic (exact) mass is 392 g/mol. The molecule has 2 saturated heterocycles. The summed E-state index contributed by atoms with van der Waals surface area (Å²) in [5.41, 5.74) is 3.59. The highest BCUT2D eigenvalue weighted by molar-refractivity contribution is 8.01. The summed E-state index contributed by atoms with van der Waals surface area (Å²) in [6.07, 6.45) is 1.34. The third-order valence-corrected chi connectivity index (χ3v) is 7.07. The van der Waals surface area contributed by atoms with E-state index in [2.05, 4.69) is 22.2 Å². The molecular formula is C21H20N4O2S. The van der Waals surface area contributed by atoms with Crippen LogP contribution in [0.4, 0.5) is 5.69 Å². The van der Waals surface area contributed by atoms with Crippen molar-refractivity contribution in [3.63, 3.8) is 0 Å². The molecule has 0 saturated carbocycles. The van der Waals surface area contributed by atoms with Gasteiger partial charge in [-0.05, 0) is 49.7 Å². The van der Waals surface area contributed by atoms with Crippen LogP contribution in [0.25, 0.3) is 22.4 Å². The fraction of sp³-hybridized carbons (Fsp3) is 0.286. The van der Waals surface area contributed by atoms with Crippen LogP contribution in [-0.2, 0) is 9.59 Å². The van der Waals surface area contributed by atoms with Crippen LogP contribution in [0.5, 0.6) is 0 Å². The van der Waals surface area contributed by atoms with Crippen LogP contribution in [-0.4, -0.2) is 43.3 Å². The molecule has 3 aromatic rings. The maximum Gasteiger partial charge on any atom is 0.248 e. The second-order valence-corrected chi connectivity index (χ2v) is 8.94. The SMILES string of the molecule is C[C@]12CCC(=O)N1[C@H](C(=O)Nc1ccc(-c3nc4ccccc4[nH]3)cc1)CS2. The number of thioether (sulfide) groups is 1. The second-order valence-electron chi connectivity index (χ2n) is 7.43. The van der Waals surface area contributed by atoms with Gasteiger partial charge in [0.2, 0.25) is 11.8 Å². The lowest BCUT2D eigenvalue weighted by molar-refractivity contribution is -0.135. The third kappa shape index (κ3) is 2.77. The molecular weight excluding hydrogens is 372 g/mol. The lowest BCUT2D eigenvalue weighted by atomic mass is 10.1. The standard InChI is InChI=1S/C21H20N4O2S/c1-21-11-10-18(26)25(21)17(12-28-21)20(27)22-14-8-6-13(7-9-14)19-23-15-4-2-3-5-16(15)24-19/h2-9,17H,10-12H2,1H3,(H,22,27)(H,23,24)/t17-,21-/m0/s1. The van der Waals surface area contributed by atoms with Gasteiger partial charge in [-0.25, -0.2) is 4.98 Å². The first-order valence-electron chi connectivity index (χ1n) is 9.36. The molecule has 2 aliphatic heterocycles. The fourth-order valence-electron chi connectivity index (χ4n) is 4.04. The molecule has 1 aromatic heterocycles. The molecule has 3 heterocycles. The Kier molecular flexibility index (Phi) is 3.94. The quantitative estimate of drug-likeness (QED) is 0.714. The Morgan fingerprint density at radius 1 is 1.25 bits per heavy atom. The van der Waals surface area contributed by atoms with Gasteiger partial charge in [-0.1, -0.05) is 12.1 Å². The Morgan fingerprint density at radius 2 is 2.04 bits per heavy atom. The highest BCUT2D eigenvalue weighted by Crippen LogP contribution is 2.47. The number of nitrogens with one attached hydrogen (secondary N) is 2. The van der Waals surface area contributed by atoms with E-state index >= 15 is 0 Å². The van der Waals surface area contributed by atoms with Crippen LogP contribution < -0.4 is 5.32 Å². The molecule has 2 aliphatic rings. The van der Waals surface area contributed by atoms with Crippen LogP contribution >= 0.6 is 11.8 Å². The minimum atomic E-state index is -0.403. The maximum absolute atomic E-state index is 12.8. The zero-order chi connectivity index (χ0) is 19.3. The highest BCUT2D eigenvalue weighted by atomic mass is 32.2. The van der Waals surface area contributed by atoms with Crippen molar-refractivity contribution < 1.29 is 9.59 Å². The van der Waals surface area contributed by atoms with E-state index in [1.165, 1.54) is 0 Å². The summed E-state index contributed by atoms with van der Waals surface area (Å²) in [6.45, 7) is 2.05. The number of hydrogen-bond donors (Lipinski definition) is 2. The Morgan fingerprint density at radius 3 is 2.82 bits per heavy atom. The summed E-state index contributed by atoms with van der Waals surface area (Å²) >= 11 is 1.70. The minimum Gasteiger partial charge on any atom is -0.338 e. The van der Waals surface area contributed by atoms with Crippen molar-refractivity contribution >= 4 is 40.3 Å². The van der Waals surface area contributed by atoms with E-state index < -0.39 is 6.04 Å². The molecule has 2 aromatic carbocycles. The van der Waals surface area contributed by atoms with Crippen molar-refractivity contribution in [2.24, 2.45) is 0 Å². The van der Waals surface area contributed by atoms with E-state index in [1.54, 1.807) is 16.7 Å². The molecule has 0 radical (unpaired) electrons. The topological polar surface area (TPSA) is 78.1 Å². The first-order valence-corrected chi connectivity index (χ1v) is 10.3. The number of carbonyl (C=O) groups is 2. The molecule has 0 bridgehead atoms. The van der Waals surface area contributed by atoms with Crippen LogP contribution in [0.15, 0.2) is 48.5 Å². The summed E-state index contributed by atoms with van der Waals surface area (Å²) in [7, 11) is 0. The molecule has 2 fully saturated rings. The van der Waals surface area contributed by atoms with E-state index in [0.29, 0.717) is 12.2 Å². The summed E-state index contributed by atoms with van der Waals surface area (Å²) < 4.78 is 0. The van der Waals surface area contributed by atoms with Crippen molar-refractivity contribution in [2.45, 2.75) is 30.7 Å².